The highest BCUT2D eigenvalue weighted by Crippen LogP contribution is 2.38. The van der Waals surface area contributed by atoms with E-state index in [4.69, 9.17) is 9.47 Å². The molecule has 4 rings (SSSR count). The van der Waals surface area contributed by atoms with E-state index in [1.165, 1.54) is 25.3 Å². The molecule has 3 aromatic rings. The minimum absolute atomic E-state index is 0.0327. The largest absolute Gasteiger partial charge is 0.493 e. The number of halogens is 1. The molecule has 4 amide bonds. The number of carbonyl (C=O) groups is 3. The maximum Gasteiger partial charge on any atom is 0.335 e. The molecule has 0 spiro atoms. The van der Waals surface area contributed by atoms with E-state index in [2.05, 4.69) is 21.2 Å². The first-order chi connectivity index (χ1) is 18.1. The first kappa shape index (κ1) is 26.6. The van der Waals surface area contributed by atoms with Crippen LogP contribution in [0.2, 0.25) is 0 Å². The van der Waals surface area contributed by atoms with Crippen LogP contribution in [0.25, 0.3) is 6.08 Å². The lowest BCUT2D eigenvalue weighted by Crippen LogP contribution is -2.54. The summed E-state index contributed by atoms with van der Waals surface area (Å²) in [6.07, 6.45) is 1.36. The van der Waals surface area contributed by atoms with Crippen LogP contribution in [-0.2, 0) is 16.2 Å². The summed E-state index contributed by atoms with van der Waals surface area (Å²) in [4.78, 5) is 49.9. The lowest BCUT2D eigenvalue weighted by Gasteiger charge is -2.27. The van der Waals surface area contributed by atoms with E-state index in [0.717, 1.165) is 16.0 Å². The number of nitro benzene ring substituents is 1. The zero-order valence-corrected chi connectivity index (χ0v) is 22.2. The Morgan fingerprint density at radius 1 is 1.05 bits per heavy atom. The average molecular weight is 580 g/mol. The third-order valence-corrected chi connectivity index (χ3v) is 6.22. The molecule has 0 atom stereocenters. The first-order valence-electron chi connectivity index (χ1n) is 11.3. The third-order valence-electron chi connectivity index (χ3n) is 5.63. The molecule has 194 valence electrons. The number of hydrogen-bond acceptors (Lipinski definition) is 7. The number of ether oxygens (including phenoxy) is 2. The molecular formula is C27H22BrN3O7. The number of nitrogens with zero attached hydrogens (tertiary/aromatic N) is 2. The Morgan fingerprint density at radius 2 is 1.76 bits per heavy atom. The number of rotatable bonds is 7. The van der Waals surface area contributed by atoms with Gasteiger partial charge in [0.05, 0.1) is 22.2 Å². The Kier molecular flexibility index (Phi) is 7.58. The number of benzene rings is 3. The predicted octanol–water partition coefficient (Wildman–Crippen LogP) is 5.23. The van der Waals surface area contributed by atoms with Crippen molar-refractivity contribution in [3.8, 4) is 11.5 Å². The number of imide groups is 2. The fraction of sp³-hybridized carbons (Fsp3) is 0.148. The van der Waals surface area contributed by atoms with Crippen LogP contribution >= 0.6 is 15.9 Å². The predicted molar refractivity (Wildman–Crippen MR) is 143 cm³/mol. The van der Waals surface area contributed by atoms with Crippen molar-refractivity contribution in [1.82, 2.24) is 5.32 Å². The van der Waals surface area contributed by atoms with Gasteiger partial charge in [0, 0.05) is 12.1 Å². The quantitative estimate of drug-likeness (QED) is 0.176. The maximum atomic E-state index is 13.3. The highest BCUT2D eigenvalue weighted by Gasteiger charge is 2.37. The van der Waals surface area contributed by atoms with Crippen LogP contribution in [0.4, 0.5) is 16.2 Å². The second-order valence-corrected chi connectivity index (χ2v) is 9.41. The molecule has 3 aromatic carbocycles. The zero-order valence-electron chi connectivity index (χ0n) is 20.6. The molecule has 0 aromatic heterocycles. The highest BCUT2D eigenvalue weighted by molar-refractivity contribution is 9.10. The van der Waals surface area contributed by atoms with Gasteiger partial charge in [-0.25, -0.2) is 9.69 Å². The number of amides is 4. The number of anilines is 1. The fourth-order valence-electron chi connectivity index (χ4n) is 4.02. The Hall–Kier alpha value is -4.51. The van der Waals surface area contributed by atoms with Crippen LogP contribution in [0.3, 0.4) is 0 Å². The van der Waals surface area contributed by atoms with Crippen molar-refractivity contribution < 1.29 is 28.8 Å². The van der Waals surface area contributed by atoms with Gasteiger partial charge in [0.2, 0.25) is 0 Å². The number of urea groups is 1. The number of carbonyl (C=O) groups excluding carboxylic acids is 3. The minimum atomic E-state index is -0.828. The van der Waals surface area contributed by atoms with E-state index < -0.39 is 22.8 Å². The molecule has 10 nitrogen and oxygen atoms in total. The summed E-state index contributed by atoms with van der Waals surface area (Å²) in [6.45, 7) is 3.72. The van der Waals surface area contributed by atoms with Gasteiger partial charge < -0.3 is 9.47 Å². The molecule has 1 N–H and O–H groups in total. The average Bonchev–Trinajstić information content (AvgIpc) is 2.85. The van der Waals surface area contributed by atoms with Crippen LogP contribution < -0.4 is 19.7 Å². The van der Waals surface area contributed by atoms with Crippen LogP contribution in [0.1, 0.15) is 22.3 Å². The van der Waals surface area contributed by atoms with Crippen molar-refractivity contribution in [2.24, 2.45) is 0 Å². The van der Waals surface area contributed by atoms with Gasteiger partial charge >= 0.3 is 6.03 Å². The van der Waals surface area contributed by atoms with Crippen molar-refractivity contribution in [1.29, 1.82) is 0 Å². The van der Waals surface area contributed by atoms with Crippen molar-refractivity contribution in [2.45, 2.75) is 20.5 Å². The minimum Gasteiger partial charge on any atom is -0.493 e. The van der Waals surface area contributed by atoms with E-state index in [9.17, 15) is 24.5 Å². The third kappa shape index (κ3) is 5.57. The molecule has 1 aliphatic rings. The number of aryl methyl sites for hydroxylation is 2. The normalized spacial score (nSPS) is 14.5. The van der Waals surface area contributed by atoms with E-state index >= 15 is 0 Å². The van der Waals surface area contributed by atoms with E-state index in [1.807, 2.05) is 19.9 Å². The van der Waals surface area contributed by atoms with Gasteiger partial charge in [0.25, 0.3) is 17.5 Å². The standard InChI is InChI=1S/C27H22BrN3O7/c1-15-7-16(2)9-20(8-15)30-26(33)21(25(32)29-27(30)34)11-18-12-22(28)24(23(13-18)37-3)38-14-17-5-4-6-19(10-17)31(35)36/h4-13H,14H2,1-3H3,(H,29,32,34)/b21-11+. The first-order valence-corrected chi connectivity index (χ1v) is 12.1. The monoisotopic (exact) mass is 579 g/mol. The second kappa shape index (κ2) is 10.9. The number of nitrogens with one attached hydrogen (secondary N) is 1. The van der Waals surface area contributed by atoms with Crippen molar-refractivity contribution >= 4 is 51.2 Å². The Labute approximate surface area is 226 Å². The van der Waals surface area contributed by atoms with Crippen molar-refractivity contribution in [3.05, 3.63) is 97.0 Å². The van der Waals surface area contributed by atoms with Gasteiger partial charge in [-0.1, -0.05) is 18.2 Å². The maximum absolute atomic E-state index is 13.3. The molecule has 0 radical (unpaired) electrons. The van der Waals surface area contributed by atoms with Gasteiger partial charge in [0.1, 0.15) is 12.2 Å². The van der Waals surface area contributed by atoms with Gasteiger partial charge in [-0.3, -0.25) is 25.0 Å². The summed E-state index contributed by atoms with van der Waals surface area (Å²) in [5.41, 5.74) is 2.80. The fourth-order valence-corrected chi connectivity index (χ4v) is 4.59. The Morgan fingerprint density at radius 3 is 2.42 bits per heavy atom. The molecule has 11 heteroatoms. The smallest absolute Gasteiger partial charge is 0.335 e. The molecule has 0 aliphatic carbocycles. The summed E-state index contributed by atoms with van der Waals surface area (Å²) in [5, 5.41) is 13.3. The molecule has 0 saturated carbocycles. The van der Waals surface area contributed by atoms with Crippen LogP contribution in [0, 0.1) is 24.0 Å². The zero-order chi connectivity index (χ0) is 27.6. The summed E-state index contributed by atoms with van der Waals surface area (Å²) < 4.78 is 11.8. The molecule has 1 saturated heterocycles. The number of non-ortho nitro benzene ring substituents is 1. The molecular weight excluding hydrogens is 558 g/mol. The van der Waals surface area contributed by atoms with Crippen LogP contribution in [0.5, 0.6) is 11.5 Å². The summed E-state index contributed by atoms with van der Waals surface area (Å²) >= 11 is 3.43. The number of nitro groups is 1. The molecule has 0 bridgehead atoms. The molecule has 1 aliphatic heterocycles. The topological polar surface area (TPSA) is 128 Å². The summed E-state index contributed by atoms with van der Waals surface area (Å²) in [7, 11) is 1.43. The highest BCUT2D eigenvalue weighted by atomic mass is 79.9. The van der Waals surface area contributed by atoms with Gasteiger partial charge in [-0.15, -0.1) is 0 Å². The SMILES string of the molecule is COc1cc(/C=C2\C(=O)NC(=O)N(c3cc(C)cc(C)c3)C2=O)cc(Br)c1OCc1cccc([N+](=O)[O-])c1. The van der Waals surface area contributed by atoms with Crippen molar-refractivity contribution in [3.63, 3.8) is 0 Å². The van der Waals surface area contributed by atoms with E-state index in [0.29, 0.717) is 32.8 Å². The van der Waals surface area contributed by atoms with E-state index in [-0.39, 0.29) is 17.9 Å². The van der Waals surface area contributed by atoms with Crippen LogP contribution in [0.15, 0.2) is 64.6 Å². The van der Waals surface area contributed by atoms with Gasteiger partial charge in [-0.05, 0) is 82.4 Å². The number of methoxy groups -OCH3 is 1. The van der Waals surface area contributed by atoms with Gasteiger partial charge in [-0.2, -0.15) is 0 Å². The van der Waals surface area contributed by atoms with Gasteiger partial charge in [0.15, 0.2) is 11.5 Å². The summed E-state index contributed by atoms with van der Waals surface area (Å²) in [6, 6.07) is 13.7. The summed E-state index contributed by atoms with van der Waals surface area (Å²) in [5.74, 6) is -0.957. The molecule has 1 heterocycles. The molecule has 38 heavy (non-hydrogen) atoms. The van der Waals surface area contributed by atoms with Crippen LogP contribution in [-0.4, -0.2) is 29.9 Å². The number of hydrogen-bond donors (Lipinski definition) is 1. The Bertz CT molecular complexity index is 1500. The second-order valence-electron chi connectivity index (χ2n) is 8.55. The molecule has 1 fully saturated rings. The van der Waals surface area contributed by atoms with Crippen molar-refractivity contribution in [2.75, 3.05) is 12.0 Å². The number of barbiturate groups is 1. The lowest BCUT2D eigenvalue weighted by molar-refractivity contribution is -0.384. The van der Waals surface area contributed by atoms with E-state index in [1.54, 1.807) is 36.4 Å². The lowest BCUT2D eigenvalue weighted by atomic mass is 10.0. The molecule has 0 unspecified atom stereocenters. The Balaban J connectivity index is 1.64.